The average molecular weight is 246 g/mol. The Morgan fingerprint density at radius 1 is 1.28 bits per heavy atom. The summed E-state index contributed by atoms with van der Waals surface area (Å²) in [5.41, 5.74) is 2.56. The lowest BCUT2D eigenvalue weighted by Crippen LogP contribution is -2.18. The van der Waals surface area contributed by atoms with Gasteiger partial charge in [0.1, 0.15) is 6.73 Å². The van der Waals surface area contributed by atoms with Crippen molar-refractivity contribution in [3.63, 3.8) is 0 Å². The molecule has 0 saturated heterocycles. The number of fused-ring (bicyclic) bond motifs is 1. The third-order valence-corrected chi connectivity index (χ3v) is 2.99. The van der Waals surface area contributed by atoms with E-state index in [1.165, 1.54) is 16.5 Å². The summed E-state index contributed by atoms with van der Waals surface area (Å²) in [6, 6.07) is 8.73. The summed E-state index contributed by atoms with van der Waals surface area (Å²) in [6.07, 6.45) is 2.07. The standard InChI is InChI=1S/C15H22N2O/c1-12(2)9-16-10-13-4-5-15-14(8-13)6-7-17(15)11-18-3/h4-8,12,16H,9-11H2,1-3H3. The first-order valence-corrected chi connectivity index (χ1v) is 6.48. The van der Waals surface area contributed by atoms with Crippen LogP contribution in [0.2, 0.25) is 0 Å². The molecule has 98 valence electrons. The molecular formula is C15H22N2O. The zero-order chi connectivity index (χ0) is 13.0. The van der Waals surface area contributed by atoms with Gasteiger partial charge >= 0.3 is 0 Å². The molecule has 1 aromatic heterocycles. The number of nitrogens with zero attached hydrogens (tertiary/aromatic N) is 1. The van der Waals surface area contributed by atoms with Crippen LogP contribution in [0.4, 0.5) is 0 Å². The highest BCUT2D eigenvalue weighted by atomic mass is 16.5. The highest BCUT2D eigenvalue weighted by molar-refractivity contribution is 5.80. The molecule has 0 spiro atoms. The first-order valence-electron chi connectivity index (χ1n) is 6.48. The Labute approximate surface area is 109 Å². The predicted molar refractivity (Wildman–Crippen MR) is 75.5 cm³/mol. The first-order chi connectivity index (χ1) is 8.70. The van der Waals surface area contributed by atoms with Gasteiger partial charge < -0.3 is 14.6 Å². The summed E-state index contributed by atoms with van der Waals surface area (Å²) in [4.78, 5) is 0. The summed E-state index contributed by atoms with van der Waals surface area (Å²) in [5, 5.41) is 4.74. The molecule has 2 rings (SSSR count). The molecule has 0 amide bonds. The molecule has 2 aromatic rings. The van der Waals surface area contributed by atoms with E-state index in [0.29, 0.717) is 12.6 Å². The van der Waals surface area contributed by atoms with E-state index in [2.05, 4.69) is 54.2 Å². The van der Waals surface area contributed by atoms with Gasteiger partial charge in [-0.25, -0.2) is 0 Å². The molecule has 1 N–H and O–H groups in total. The molecule has 3 heteroatoms. The minimum absolute atomic E-state index is 0.606. The van der Waals surface area contributed by atoms with E-state index in [-0.39, 0.29) is 0 Å². The smallest absolute Gasteiger partial charge is 0.122 e. The zero-order valence-corrected chi connectivity index (χ0v) is 11.4. The minimum atomic E-state index is 0.606. The Balaban J connectivity index is 2.08. The maximum atomic E-state index is 5.17. The van der Waals surface area contributed by atoms with Gasteiger partial charge in [-0.05, 0) is 41.6 Å². The van der Waals surface area contributed by atoms with Gasteiger partial charge in [-0.2, -0.15) is 0 Å². The van der Waals surface area contributed by atoms with Crippen LogP contribution in [0.5, 0.6) is 0 Å². The van der Waals surface area contributed by atoms with Gasteiger partial charge in [0.25, 0.3) is 0 Å². The molecule has 0 aliphatic carbocycles. The molecule has 1 aromatic carbocycles. The largest absolute Gasteiger partial charge is 0.364 e. The van der Waals surface area contributed by atoms with Crippen molar-refractivity contribution in [2.24, 2.45) is 5.92 Å². The molecular weight excluding hydrogens is 224 g/mol. The summed E-state index contributed by atoms with van der Waals surface area (Å²) >= 11 is 0. The number of hydrogen-bond acceptors (Lipinski definition) is 2. The second-order valence-corrected chi connectivity index (χ2v) is 5.12. The lowest BCUT2D eigenvalue weighted by atomic mass is 10.1. The average Bonchev–Trinajstić information content (AvgIpc) is 2.72. The van der Waals surface area contributed by atoms with Crippen molar-refractivity contribution in [1.82, 2.24) is 9.88 Å². The minimum Gasteiger partial charge on any atom is -0.364 e. The van der Waals surface area contributed by atoms with Gasteiger partial charge in [-0.3, -0.25) is 0 Å². The number of aromatic nitrogens is 1. The molecule has 0 aliphatic heterocycles. The van der Waals surface area contributed by atoms with Crippen LogP contribution < -0.4 is 5.32 Å². The van der Waals surface area contributed by atoms with Crippen molar-refractivity contribution < 1.29 is 4.74 Å². The topological polar surface area (TPSA) is 26.2 Å². The van der Waals surface area contributed by atoms with Crippen LogP contribution in [0, 0.1) is 5.92 Å². The predicted octanol–water partition coefficient (Wildman–Crippen LogP) is 2.99. The van der Waals surface area contributed by atoms with E-state index < -0.39 is 0 Å². The second-order valence-electron chi connectivity index (χ2n) is 5.12. The van der Waals surface area contributed by atoms with Crippen molar-refractivity contribution in [1.29, 1.82) is 0 Å². The lowest BCUT2D eigenvalue weighted by molar-refractivity contribution is 0.135. The Hall–Kier alpha value is -1.32. The fourth-order valence-electron chi connectivity index (χ4n) is 2.12. The summed E-state index contributed by atoms with van der Waals surface area (Å²) < 4.78 is 7.28. The number of hydrogen-bond donors (Lipinski definition) is 1. The van der Waals surface area contributed by atoms with Crippen molar-refractivity contribution in [3.05, 3.63) is 36.0 Å². The normalized spacial score (nSPS) is 11.6. The van der Waals surface area contributed by atoms with Crippen LogP contribution in [0.25, 0.3) is 10.9 Å². The molecule has 3 nitrogen and oxygen atoms in total. The molecule has 0 unspecified atom stereocenters. The van der Waals surface area contributed by atoms with Crippen molar-refractivity contribution >= 4 is 10.9 Å². The van der Waals surface area contributed by atoms with Crippen LogP contribution >= 0.6 is 0 Å². The van der Waals surface area contributed by atoms with Crippen LogP contribution in [0.1, 0.15) is 19.4 Å². The van der Waals surface area contributed by atoms with E-state index >= 15 is 0 Å². The SMILES string of the molecule is COCn1ccc2cc(CNCC(C)C)ccc21. The monoisotopic (exact) mass is 246 g/mol. The maximum absolute atomic E-state index is 5.17. The molecule has 18 heavy (non-hydrogen) atoms. The third kappa shape index (κ3) is 3.12. The highest BCUT2D eigenvalue weighted by Crippen LogP contribution is 2.17. The summed E-state index contributed by atoms with van der Waals surface area (Å²) in [5.74, 6) is 0.691. The van der Waals surface area contributed by atoms with Crippen LogP contribution in [0.3, 0.4) is 0 Å². The molecule has 0 saturated carbocycles. The highest BCUT2D eigenvalue weighted by Gasteiger charge is 2.02. The van der Waals surface area contributed by atoms with Crippen molar-refractivity contribution in [2.45, 2.75) is 27.1 Å². The van der Waals surface area contributed by atoms with Gasteiger partial charge in [0.2, 0.25) is 0 Å². The first kappa shape index (κ1) is 13.1. The van der Waals surface area contributed by atoms with E-state index in [1.54, 1.807) is 7.11 Å². The quantitative estimate of drug-likeness (QED) is 0.848. The maximum Gasteiger partial charge on any atom is 0.122 e. The van der Waals surface area contributed by atoms with Crippen molar-refractivity contribution in [3.8, 4) is 0 Å². The van der Waals surface area contributed by atoms with Gasteiger partial charge in [-0.15, -0.1) is 0 Å². The Morgan fingerprint density at radius 2 is 2.11 bits per heavy atom. The Morgan fingerprint density at radius 3 is 2.83 bits per heavy atom. The van der Waals surface area contributed by atoms with Gasteiger partial charge in [0, 0.05) is 25.4 Å². The molecule has 0 radical (unpaired) electrons. The van der Waals surface area contributed by atoms with Gasteiger partial charge in [-0.1, -0.05) is 19.9 Å². The number of benzene rings is 1. The fourth-order valence-corrected chi connectivity index (χ4v) is 2.12. The number of nitrogens with one attached hydrogen (secondary N) is 1. The Bertz CT molecular complexity index is 502. The molecule has 0 aliphatic rings. The molecule has 0 atom stereocenters. The third-order valence-electron chi connectivity index (χ3n) is 2.99. The zero-order valence-electron chi connectivity index (χ0n) is 11.4. The number of ether oxygens (including phenoxy) is 1. The Kier molecular flexibility index (Phi) is 4.39. The lowest BCUT2D eigenvalue weighted by Gasteiger charge is -2.08. The van der Waals surface area contributed by atoms with Gasteiger partial charge in [0.15, 0.2) is 0 Å². The molecule has 0 fully saturated rings. The van der Waals surface area contributed by atoms with E-state index in [1.807, 2.05) is 0 Å². The number of rotatable bonds is 6. The van der Waals surface area contributed by atoms with E-state index in [9.17, 15) is 0 Å². The molecule has 1 heterocycles. The van der Waals surface area contributed by atoms with Crippen LogP contribution in [-0.4, -0.2) is 18.2 Å². The summed E-state index contributed by atoms with van der Waals surface area (Å²) in [6.45, 7) is 7.04. The summed E-state index contributed by atoms with van der Waals surface area (Å²) in [7, 11) is 1.72. The molecule has 0 bridgehead atoms. The van der Waals surface area contributed by atoms with E-state index in [0.717, 1.165) is 13.1 Å². The van der Waals surface area contributed by atoms with E-state index in [4.69, 9.17) is 4.74 Å². The number of methoxy groups -OCH3 is 1. The van der Waals surface area contributed by atoms with Crippen LogP contribution in [-0.2, 0) is 18.0 Å². The van der Waals surface area contributed by atoms with Crippen molar-refractivity contribution in [2.75, 3.05) is 13.7 Å². The second kappa shape index (κ2) is 6.03. The van der Waals surface area contributed by atoms with Crippen LogP contribution in [0.15, 0.2) is 30.5 Å². The van der Waals surface area contributed by atoms with Gasteiger partial charge in [0.05, 0.1) is 0 Å². The fraction of sp³-hybridized carbons (Fsp3) is 0.467.